The molecule has 8 heteroatoms. The predicted molar refractivity (Wildman–Crippen MR) is 114 cm³/mol. The van der Waals surface area contributed by atoms with Crippen LogP contribution in [0.5, 0.6) is 0 Å². The minimum atomic E-state index is -0.496. The second-order valence-corrected chi connectivity index (χ2v) is 6.69. The van der Waals surface area contributed by atoms with Crippen molar-refractivity contribution in [3.63, 3.8) is 0 Å². The molecule has 3 aromatic carbocycles. The number of nitrogens with zero attached hydrogens (tertiary/aromatic N) is 2. The van der Waals surface area contributed by atoms with E-state index >= 15 is 0 Å². The Kier molecular flexibility index (Phi) is 4.81. The third-order valence-electron chi connectivity index (χ3n) is 4.69. The van der Waals surface area contributed by atoms with E-state index in [0.29, 0.717) is 27.8 Å². The van der Waals surface area contributed by atoms with Crippen molar-refractivity contribution in [2.75, 3.05) is 5.32 Å². The van der Waals surface area contributed by atoms with E-state index in [2.05, 4.69) is 15.3 Å². The maximum atomic E-state index is 12.7. The van der Waals surface area contributed by atoms with Gasteiger partial charge in [0.05, 0.1) is 21.6 Å². The zero-order chi connectivity index (χ0) is 21.3. The Morgan fingerprint density at radius 3 is 2.57 bits per heavy atom. The van der Waals surface area contributed by atoms with E-state index in [1.54, 1.807) is 49.4 Å². The summed E-state index contributed by atoms with van der Waals surface area (Å²) >= 11 is 0. The summed E-state index contributed by atoms with van der Waals surface area (Å²) in [6.45, 7) is 1.57. The van der Waals surface area contributed by atoms with E-state index in [4.69, 9.17) is 0 Å². The number of carbonyl (C=O) groups is 1. The number of aromatic amines is 1. The van der Waals surface area contributed by atoms with Crippen LogP contribution in [-0.2, 0) is 0 Å². The summed E-state index contributed by atoms with van der Waals surface area (Å²) in [6.07, 6.45) is 0. The van der Waals surface area contributed by atoms with Crippen molar-refractivity contribution in [1.29, 1.82) is 0 Å². The van der Waals surface area contributed by atoms with E-state index in [1.165, 1.54) is 18.2 Å². The largest absolute Gasteiger partial charge is 0.321 e. The lowest BCUT2D eigenvalue weighted by molar-refractivity contribution is -0.385. The molecule has 0 saturated carbocycles. The summed E-state index contributed by atoms with van der Waals surface area (Å²) in [7, 11) is 0. The van der Waals surface area contributed by atoms with Gasteiger partial charge in [0, 0.05) is 22.8 Å². The Morgan fingerprint density at radius 2 is 1.80 bits per heavy atom. The van der Waals surface area contributed by atoms with Gasteiger partial charge in [-0.2, -0.15) is 0 Å². The topological polar surface area (TPSA) is 118 Å². The van der Waals surface area contributed by atoms with Crippen LogP contribution in [0.4, 0.5) is 11.4 Å². The lowest BCUT2D eigenvalue weighted by atomic mass is 10.1. The van der Waals surface area contributed by atoms with E-state index in [1.807, 2.05) is 6.07 Å². The molecule has 1 heterocycles. The molecular formula is C22H16N4O4. The number of aryl methyl sites for hydroxylation is 1. The Morgan fingerprint density at radius 1 is 1.07 bits per heavy atom. The summed E-state index contributed by atoms with van der Waals surface area (Å²) in [5, 5.41) is 13.8. The van der Waals surface area contributed by atoms with Gasteiger partial charge in [-0.05, 0) is 37.3 Å². The smallest absolute Gasteiger partial charge is 0.275 e. The number of carbonyl (C=O) groups excluding carboxylic acids is 1. The molecule has 148 valence electrons. The van der Waals surface area contributed by atoms with E-state index in [9.17, 15) is 19.7 Å². The standard InChI is InChI=1S/C22H16N4O4/c1-13-12-14(10-11-19(13)26(29)30)21(27)24-16-7-3-2-6-15(16)20-22(28)25-18-9-5-4-8-17(18)23-20/h2-12H,1H3,(H,24,27)(H,25,28). The number of rotatable bonds is 4. The Bertz CT molecular complexity index is 1360. The molecule has 2 N–H and O–H groups in total. The molecule has 0 radical (unpaired) electrons. The number of hydrogen-bond acceptors (Lipinski definition) is 5. The number of para-hydroxylation sites is 3. The van der Waals surface area contributed by atoms with Crippen molar-refractivity contribution in [3.05, 3.63) is 98.3 Å². The van der Waals surface area contributed by atoms with Crippen LogP contribution in [0.15, 0.2) is 71.5 Å². The van der Waals surface area contributed by atoms with Gasteiger partial charge in [-0.25, -0.2) is 4.98 Å². The monoisotopic (exact) mass is 400 g/mol. The van der Waals surface area contributed by atoms with Gasteiger partial charge in [-0.3, -0.25) is 19.7 Å². The van der Waals surface area contributed by atoms with Crippen molar-refractivity contribution in [1.82, 2.24) is 9.97 Å². The van der Waals surface area contributed by atoms with Crippen LogP contribution < -0.4 is 10.9 Å². The first kappa shape index (κ1) is 19.0. The van der Waals surface area contributed by atoms with Gasteiger partial charge in [-0.15, -0.1) is 0 Å². The van der Waals surface area contributed by atoms with E-state index < -0.39 is 10.8 Å². The van der Waals surface area contributed by atoms with Crippen LogP contribution in [0.3, 0.4) is 0 Å². The number of H-pyrrole nitrogens is 1. The fourth-order valence-corrected chi connectivity index (χ4v) is 3.21. The number of amides is 1. The molecule has 30 heavy (non-hydrogen) atoms. The lowest BCUT2D eigenvalue weighted by Crippen LogP contribution is -2.16. The number of nitro groups is 1. The minimum absolute atomic E-state index is 0.0566. The Hall–Kier alpha value is -4.33. The number of fused-ring (bicyclic) bond motifs is 1. The Labute approximate surface area is 170 Å². The molecule has 8 nitrogen and oxygen atoms in total. The molecule has 0 aliphatic rings. The molecule has 4 rings (SSSR count). The summed E-state index contributed by atoms with van der Waals surface area (Å²) < 4.78 is 0. The third kappa shape index (κ3) is 3.53. The third-order valence-corrected chi connectivity index (χ3v) is 4.69. The first-order chi connectivity index (χ1) is 14.4. The molecule has 0 fully saturated rings. The average Bonchev–Trinajstić information content (AvgIpc) is 2.73. The summed E-state index contributed by atoms with van der Waals surface area (Å²) in [5.74, 6) is -0.447. The van der Waals surface area contributed by atoms with E-state index in [0.717, 1.165) is 0 Å². The molecule has 0 bridgehead atoms. The first-order valence-electron chi connectivity index (χ1n) is 9.09. The highest BCUT2D eigenvalue weighted by molar-refractivity contribution is 6.06. The summed E-state index contributed by atoms with van der Waals surface area (Å²) in [6, 6.07) is 18.2. The minimum Gasteiger partial charge on any atom is -0.321 e. The Balaban J connectivity index is 1.72. The molecule has 1 amide bonds. The molecule has 0 atom stereocenters. The molecule has 0 aliphatic carbocycles. The van der Waals surface area contributed by atoms with E-state index in [-0.39, 0.29) is 22.5 Å². The lowest BCUT2D eigenvalue weighted by Gasteiger charge is -2.11. The zero-order valence-corrected chi connectivity index (χ0v) is 15.9. The van der Waals surface area contributed by atoms with Crippen LogP contribution in [0.25, 0.3) is 22.3 Å². The molecule has 0 unspecified atom stereocenters. The van der Waals surface area contributed by atoms with Crippen LogP contribution in [0, 0.1) is 17.0 Å². The van der Waals surface area contributed by atoms with Gasteiger partial charge in [-0.1, -0.05) is 30.3 Å². The second-order valence-electron chi connectivity index (χ2n) is 6.69. The van der Waals surface area contributed by atoms with Crippen molar-refractivity contribution >= 4 is 28.3 Å². The van der Waals surface area contributed by atoms with Crippen molar-refractivity contribution < 1.29 is 9.72 Å². The number of aromatic nitrogens is 2. The highest BCUT2D eigenvalue weighted by atomic mass is 16.6. The SMILES string of the molecule is Cc1cc(C(=O)Nc2ccccc2-c2nc3ccccc3[nH]c2=O)ccc1[N+](=O)[O-]. The maximum absolute atomic E-state index is 12.7. The molecule has 0 spiro atoms. The van der Waals surface area contributed by atoms with Crippen molar-refractivity contribution in [2.45, 2.75) is 6.92 Å². The second kappa shape index (κ2) is 7.59. The van der Waals surface area contributed by atoms with Crippen LogP contribution in [0.1, 0.15) is 15.9 Å². The number of nitrogens with one attached hydrogen (secondary N) is 2. The average molecular weight is 400 g/mol. The fourth-order valence-electron chi connectivity index (χ4n) is 3.21. The molecule has 0 saturated heterocycles. The molecular weight excluding hydrogens is 384 g/mol. The fraction of sp³-hybridized carbons (Fsp3) is 0.0455. The zero-order valence-electron chi connectivity index (χ0n) is 15.9. The van der Waals surface area contributed by atoms with Gasteiger partial charge >= 0.3 is 0 Å². The number of hydrogen-bond donors (Lipinski definition) is 2. The maximum Gasteiger partial charge on any atom is 0.275 e. The highest BCUT2D eigenvalue weighted by Gasteiger charge is 2.17. The van der Waals surface area contributed by atoms with Crippen molar-refractivity contribution in [3.8, 4) is 11.3 Å². The van der Waals surface area contributed by atoms with Crippen LogP contribution >= 0.6 is 0 Å². The summed E-state index contributed by atoms with van der Waals surface area (Å²) in [5.41, 5.74) is 2.53. The number of benzene rings is 3. The molecule has 0 aliphatic heterocycles. The van der Waals surface area contributed by atoms with Crippen molar-refractivity contribution in [2.24, 2.45) is 0 Å². The van der Waals surface area contributed by atoms with Gasteiger partial charge < -0.3 is 10.3 Å². The quantitative estimate of drug-likeness (QED) is 0.396. The van der Waals surface area contributed by atoms with Gasteiger partial charge in [0.2, 0.25) is 0 Å². The van der Waals surface area contributed by atoms with Gasteiger partial charge in [0.15, 0.2) is 0 Å². The van der Waals surface area contributed by atoms with Crippen LogP contribution in [0.2, 0.25) is 0 Å². The van der Waals surface area contributed by atoms with Crippen LogP contribution in [-0.4, -0.2) is 20.8 Å². The summed E-state index contributed by atoms with van der Waals surface area (Å²) in [4.78, 5) is 43.1. The predicted octanol–water partition coefficient (Wildman–Crippen LogP) is 4.06. The first-order valence-corrected chi connectivity index (χ1v) is 9.09. The normalized spacial score (nSPS) is 10.7. The van der Waals surface area contributed by atoms with Gasteiger partial charge in [0.1, 0.15) is 5.69 Å². The molecule has 1 aromatic heterocycles. The number of nitro benzene ring substituents is 1. The molecule has 4 aromatic rings. The van der Waals surface area contributed by atoms with Gasteiger partial charge in [0.25, 0.3) is 17.2 Å². The highest BCUT2D eigenvalue weighted by Crippen LogP contribution is 2.26. The number of anilines is 1.